The van der Waals surface area contributed by atoms with Crippen molar-refractivity contribution in [2.24, 2.45) is 5.92 Å². The van der Waals surface area contributed by atoms with Crippen LogP contribution < -0.4 is 4.72 Å². The molecular weight excluding hydrogens is 481 g/mol. The van der Waals surface area contributed by atoms with E-state index in [0.29, 0.717) is 16.5 Å². The van der Waals surface area contributed by atoms with Crippen molar-refractivity contribution in [1.29, 1.82) is 0 Å². The largest absolute Gasteiger partial charge is 0.493 e. The maximum absolute atomic E-state index is 12.9. The van der Waals surface area contributed by atoms with Crippen LogP contribution in [0.15, 0.2) is 53.7 Å². The van der Waals surface area contributed by atoms with Crippen LogP contribution in [0.25, 0.3) is 10.9 Å². The van der Waals surface area contributed by atoms with E-state index >= 15 is 0 Å². The van der Waals surface area contributed by atoms with Gasteiger partial charge in [0.25, 0.3) is 5.91 Å². The standard InChI is InChI=1S/C24H25F3N4O3S/c1-15(24(25,26)27)13-23(34)9-11-31(12-10-23)22(33)16-5-7-17(8-6-16)30-35-19-4-2-3-18-20(19)28-14-29-21(18)32/h2-8,14-15,30,34H,9-13H2,1H3,(H,28,29,32). The van der Waals surface area contributed by atoms with Gasteiger partial charge in [-0.25, -0.2) is 9.97 Å². The summed E-state index contributed by atoms with van der Waals surface area (Å²) in [6.45, 7) is 1.47. The number of nitrogens with zero attached hydrogens (tertiary/aromatic N) is 3. The predicted octanol–water partition coefficient (Wildman–Crippen LogP) is 5.01. The third-order valence-electron chi connectivity index (χ3n) is 6.24. The third kappa shape index (κ3) is 5.79. The van der Waals surface area contributed by atoms with E-state index < -0.39 is 17.7 Å². The van der Waals surface area contributed by atoms with E-state index in [1.54, 1.807) is 41.3 Å². The number of hydrogen-bond acceptors (Lipinski definition) is 7. The van der Waals surface area contributed by atoms with Gasteiger partial charge in [0.2, 0.25) is 5.88 Å². The molecule has 0 radical (unpaired) electrons. The molecule has 11 heteroatoms. The smallest absolute Gasteiger partial charge is 0.391 e. The van der Waals surface area contributed by atoms with Crippen LogP contribution in [0, 0.1) is 5.92 Å². The molecule has 1 saturated heterocycles. The molecule has 1 aliphatic rings. The molecule has 3 aromatic rings. The first kappa shape index (κ1) is 25.1. The van der Waals surface area contributed by atoms with Crippen molar-refractivity contribution in [3.63, 3.8) is 0 Å². The second-order valence-corrected chi connectivity index (χ2v) is 9.64. The van der Waals surface area contributed by atoms with E-state index in [0.717, 1.165) is 17.5 Å². The van der Waals surface area contributed by atoms with E-state index in [9.17, 15) is 28.2 Å². The lowest BCUT2D eigenvalue weighted by Crippen LogP contribution is -2.48. The molecule has 2 heterocycles. The number of fused-ring (bicyclic) bond motifs is 1. The number of para-hydroxylation sites is 1. The molecule has 1 atom stereocenters. The molecule has 0 aliphatic carbocycles. The molecule has 1 aliphatic heterocycles. The summed E-state index contributed by atoms with van der Waals surface area (Å²) >= 11 is 1.31. The Morgan fingerprint density at radius 1 is 1.17 bits per heavy atom. The SMILES string of the molecule is CC(CC1(O)CCN(C(=O)c2ccc(NSc3cccc4c(O)ncnc34)cc2)CC1)C(F)(F)F. The van der Waals surface area contributed by atoms with Crippen LogP contribution in [0.3, 0.4) is 0 Å². The van der Waals surface area contributed by atoms with Crippen LogP contribution in [0.4, 0.5) is 18.9 Å². The van der Waals surface area contributed by atoms with Gasteiger partial charge in [-0.05, 0) is 67.6 Å². The second kappa shape index (κ2) is 9.90. The number of aromatic nitrogens is 2. The highest BCUT2D eigenvalue weighted by Gasteiger charge is 2.43. The maximum atomic E-state index is 12.9. The fourth-order valence-electron chi connectivity index (χ4n) is 4.12. The van der Waals surface area contributed by atoms with Gasteiger partial charge in [-0.1, -0.05) is 13.0 Å². The zero-order valence-electron chi connectivity index (χ0n) is 18.9. The van der Waals surface area contributed by atoms with Gasteiger partial charge in [0.05, 0.1) is 27.3 Å². The summed E-state index contributed by atoms with van der Waals surface area (Å²) in [5.41, 5.74) is 0.396. The molecule has 2 aromatic carbocycles. The number of carbonyl (C=O) groups excluding carboxylic acids is 1. The van der Waals surface area contributed by atoms with E-state index in [1.165, 1.54) is 18.3 Å². The minimum absolute atomic E-state index is 0.0914. The number of aromatic hydroxyl groups is 1. The minimum Gasteiger partial charge on any atom is -0.493 e. The van der Waals surface area contributed by atoms with Crippen molar-refractivity contribution in [2.75, 3.05) is 17.8 Å². The molecule has 1 fully saturated rings. The summed E-state index contributed by atoms with van der Waals surface area (Å²) in [5.74, 6) is -1.91. The summed E-state index contributed by atoms with van der Waals surface area (Å²) in [7, 11) is 0. The highest BCUT2D eigenvalue weighted by Crippen LogP contribution is 2.37. The molecule has 1 unspecified atom stereocenters. The lowest BCUT2D eigenvalue weighted by Gasteiger charge is -2.39. The maximum Gasteiger partial charge on any atom is 0.391 e. The number of hydrogen-bond donors (Lipinski definition) is 3. The molecule has 0 bridgehead atoms. The quantitative estimate of drug-likeness (QED) is 0.404. The summed E-state index contributed by atoms with van der Waals surface area (Å²) in [6.07, 6.45) is -3.20. The first-order valence-electron chi connectivity index (χ1n) is 11.1. The number of aliphatic hydroxyl groups is 1. The predicted molar refractivity (Wildman–Crippen MR) is 127 cm³/mol. The molecular formula is C24H25F3N4O3S. The first-order chi connectivity index (χ1) is 16.6. The van der Waals surface area contributed by atoms with Gasteiger partial charge in [0.1, 0.15) is 6.33 Å². The number of anilines is 1. The van der Waals surface area contributed by atoms with Crippen LogP contribution >= 0.6 is 11.9 Å². The van der Waals surface area contributed by atoms with Gasteiger partial charge >= 0.3 is 6.18 Å². The molecule has 186 valence electrons. The Labute approximate surface area is 204 Å². The number of carbonyl (C=O) groups is 1. The average Bonchev–Trinajstić information content (AvgIpc) is 2.83. The Bertz CT molecular complexity index is 1200. The zero-order valence-corrected chi connectivity index (χ0v) is 19.7. The van der Waals surface area contributed by atoms with Gasteiger partial charge < -0.3 is 19.8 Å². The first-order valence-corrected chi connectivity index (χ1v) is 11.9. The fraction of sp³-hybridized carbons (Fsp3) is 0.375. The monoisotopic (exact) mass is 506 g/mol. The number of nitrogens with one attached hydrogen (secondary N) is 1. The number of piperidine rings is 1. The zero-order chi connectivity index (χ0) is 25.2. The minimum atomic E-state index is -4.35. The van der Waals surface area contributed by atoms with E-state index in [4.69, 9.17) is 0 Å². The third-order valence-corrected chi connectivity index (χ3v) is 7.13. The van der Waals surface area contributed by atoms with Crippen LogP contribution in [-0.4, -0.2) is 55.9 Å². The normalized spacial score (nSPS) is 16.8. The Morgan fingerprint density at radius 3 is 2.51 bits per heavy atom. The number of likely N-dealkylation sites (tertiary alicyclic amines) is 1. The van der Waals surface area contributed by atoms with Crippen LogP contribution in [-0.2, 0) is 0 Å². The van der Waals surface area contributed by atoms with E-state index in [-0.39, 0.29) is 44.1 Å². The topological polar surface area (TPSA) is 98.6 Å². The van der Waals surface area contributed by atoms with Crippen LogP contribution in [0.5, 0.6) is 5.88 Å². The summed E-state index contributed by atoms with van der Waals surface area (Å²) < 4.78 is 41.8. The number of benzene rings is 2. The molecule has 35 heavy (non-hydrogen) atoms. The van der Waals surface area contributed by atoms with Crippen molar-refractivity contribution in [1.82, 2.24) is 14.9 Å². The molecule has 1 amide bonds. The summed E-state index contributed by atoms with van der Waals surface area (Å²) in [6, 6.07) is 12.2. The molecule has 3 N–H and O–H groups in total. The molecule has 1 aromatic heterocycles. The summed E-state index contributed by atoms with van der Waals surface area (Å²) in [4.78, 5) is 23.2. The van der Waals surface area contributed by atoms with Gasteiger partial charge in [-0.3, -0.25) is 4.79 Å². The number of halogens is 3. The molecule has 0 spiro atoms. The van der Waals surface area contributed by atoms with Gasteiger partial charge in [0, 0.05) is 24.3 Å². The molecule has 4 rings (SSSR count). The van der Waals surface area contributed by atoms with Crippen molar-refractivity contribution < 1.29 is 28.2 Å². The van der Waals surface area contributed by atoms with Crippen molar-refractivity contribution >= 4 is 34.4 Å². The van der Waals surface area contributed by atoms with Gasteiger partial charge in [0.15, 0.2) is 0 Å². The number of amides is 1. The van der Waals surface area contributed by atoms with Gasteiger partial charge in [-0.15, -0.1) is 0 Å². The number of alkyl halides is 3. The van der Waals surface area contributed by atoms with Gasteiger partial charge in [-0.2, -0.15) is 13.2 Å². The Kier molecular flexibility index (Phi) is 7.09. The highest BCUT2D eigenvalue weighted by molar-refractivity contribution is 8.00. The van der Waals surface area contributed by atoms with Crippen molar-refractivity contribution in [2.45, 2.75) is 42.9 Å². The van der Waals surface area contributed by atoms with Crippen LogP contribution in [0.2, 0.25) is 0 Å². The lowest BCUT2D eigenvalue weighted by atomic mass is 9.83. The van der Waals surface area contributed by atoms with Crippen molar-refractivity contribution in [3.8, 4) is 5.88 Å². The number of rotatable bonds is 6. The Hall–Kier alpha value is -3.05. The fourth-order valence-corrected chi connectivity index (χ4v) is 4.89. The van der Waals surface area contributed by atoms with Crippen molar-refractivity contribution in [3.05, 3.63) is 54.4 Å². The van der Waals surface area contributed by atoms with Crippen LogP contribution in [0.1, 0.15) is 36.5 Å². The molecule has 0 saturated carbocycles. The molecule has 7 nitrogen and oxygen atoms in total. The van der Waals surface area contributed by atoms with E-state index in [2.05, 4.69) is 14.7 Å². The second-order valence-electron chi connectivity index (χ2n) is 8.79. The Morgan fingerprint density at radius 2 is 1.86 bits per heavy atom. The Balaban J connectivity index is 1.34. The highest BCUT2D eigenvalue weighted by atomic mass is 32.2. The average molecular weight is 507 g/mol. The summed E-state index contributed by atoms with van der Waals surface area (Å²) in [5, 5.41) is 21.0. The van der Waals surface area contributed by atoms with E-state index in [1.807, 2.05) is 6.07 Å². The lowest BCUT2D eigenvalue weighted by molar-refractivity contribution is -0.187.